The van der Waals surface area contributed by atoms with Crippen LogP contribution >= 0.6 is 0 Å². The lowest BCUT2D eigenvalue weighted by molar-refractivity contribution is 0.0650. The van der Waals surface area contributed by atoms with Crippen LogP contribution in [0.15, 0.2) is 121 Å². The third kappa shape index (κ3) is 6.87. The molecule has 2 N–H and O–H groups in total. The van der Waals surface area contributed by atoms with Gasteiger partial charge in [-0.05, 0) is 47.1 Å². The highest BCUT2D eigenvalue weighted by atomic mass is 15.2. The van der Waals surface area contributed by atoms with Gasteiger partial charge in [0, 0.05) is 32.6 Å². The molecule has 0 unspecified atom stereocenters. The summed E-state index contributed by atoms with van der Waals surface area (Å²) in [5.74, 6) is 1.31. The Morgan fingerprint density at radius 1 is 0.575 bits per heavy atom. The molecule has 4 heteroatoms. The molecule has 0 saturated carbocycles. The minimum atomic E-state index is 0.312. The Balaban J connectivity index is 0.000000161. The normalized spacial score (nSPS) is 16.1. The average Bonchev–Trinajstić information content (AvgIpc) is 2.97. The molecule has 4 aromatic rings. The second-order valence-corrected chi connectivity index (χ2v) is 11.0. The van der Waals surface area contributed by atoms with Gasteiger partial charge in [0.2, 0.25) is 0 Å². The largest absolute Gasteiger partial charge is 0.330 e. The van der Waals surface area contributed by atoms with Crippen molar-refractivity contribution in [2.75, 3.05) is 32.7 Å². The van der Waals surface area contributed by atoms with E-state index < -0.39 is 0 Å². The fraction of sp³-hybridized carbons (Fsp3) is 0.306. The quantitative estimate of drug-likeness (QED) is 0.263. The third-order valence-electron chi connectivity index (χ3n) is 8.12. The van der Waals surface area contributed by atoms with Gasteiger partial charge in [-0.3, -0.25) is 9.80 Å². The van der Waals surface area contributed by atoms with E-state index >= 15 is 0 Å². The minimum absolute atomic E-state index is 0.312. The Hall–Kier alpha value is -3.75. The van der Waals surface area contributed by atoms with Gasteiger partial charge in [-0.25, -0.2) is 0 Å². The van der Waals surface area contributed by atoms with Gasteiger partial charge in [0.15, 0.2) is 0 Å². The predicted octanol–water partition coefficient (Wildman–Crippen LogP) is 6.68. The van der Waals surface area contributed by atoms with Gasteiger partial charge in [-0.1, -0.05) is 121 Å². The average molecular weight is 529 g/mol. The van der Waals surface area contributed by atoms with Crippen molar-refractivity contribution in [1.82, 2.24) is 9.80 Å². The van der Waals surface area contributed by atoms with Crippen molar-refractivity contribution in [3.63, 3.8) is 0 Å². The van der Waals surface area contributed by atoms with Gasteiger partial charge in [0.1, 0.15) is 0 Å². The second-order valence-electron chi connectivity index (χ2n) is 11.0. The first-order valence-corrected chi connectivity index (χ1v) is 14.5. The van der Waals surface area contributed by atoms with Gasteiger partial charge in [0.05, 0.1) is 18.2 Å². The van der Waals surface area contributed by atoms with Crippen molar-refractivity contribution in [2.24, 2.45) is 17.6 Å². The second kappa shape index (κ2) is 14.1. The molecule has 2 saturated heterocycles. The van der Waals surface area contributed by atoms with Crippen LogP contribution < -0.4 is 5.73 Å². The number of benzene rings is 4. The smallest absolute Gasteiger partial charge is 0.0625 e. The monoisotopic (exact) mass is 528 g/mol. The van der Waals surface area contributed by atoms with Crippen LogP contribution in [0.2, 0.25) is 0 Å². The van der Waals surface area contributed by atoms with Crippen LogP contribution in [0.4, 0.5) is 0 Å². The molecule has 40 heavy (non-hydrogen) atoms. The van der Waals surface area contributed by atoms with E-state index in [0.29, 0.717) is 24.4 Å². The summed E-state index contributed by atoms with van der Waals surface area (Å²) in [6.45, 7) is 5.15. The van der Waals surface area contributed by atoms with Crippen molar-refractivity contribution in [3.05, 3.63) is 144 Å². The van der Waals surface area contributed by atoms with Crippen LogP contribution in [0, 0.1) is 23.2 Å². The maximum absolute atomic E-state index is 8.79. The SMILES string of the molecule is N#CCC1CN(C(c2ccccc2)c2ccccc2)C1.NCCC1CN(C(c2ccccc2)c2ccccc2)C1. The number of nitriles is 1. The molecule has 0 aromatic heterocycles. The molecule has 4 aromatic carbocycles. The van der Waals surface area contributed by atoms with Crippen molar-refractivity contribution in [1.29, 1.82) is 5.26 Å². The van der Waals surface area contributed by atoms with Crippen molar-refractivity contribution >= 4 is 0 Å². The highest BCUT2D eigenvalue weighted by molar-refractivity contribution is 5.33. The summed E-state index contributed by atoms with van der Waals surface area (Å²) in [4.78, 5) is 5.03. The Labute approximate surface area is 239 Å². The Morgan fingerprint density at radius 2 is 0.900 bits per heavy atom. The summed E-state index contributed by atoms with van der Waals surface area (Å²) in [7, 11) is 0. The molecule has 4 nitrogen and oxygen atoms in total. The van der Waals surface area contributed by atoms with E-state index in [2.05, 4.69) is 137 Å². The molecule has 0 spiro atoms. The summed E-state index contributed by atoms with van der Waals surface area (Å²) in [6.07, 6.45) is 1.82. The molecule has 0 radical (unpaired) electrons. The molecule has 0 atom stereocenters. The molecular formula is C36H40N4. The van der Waals surface area contributed by atoms with E-state index in [4.69, 9.17) is 11.0 Å². The first kappa shape index (κ1) is 27.8. The van der Waals surface area contributed by atoms with E-state index in [1.165, 1.54) is 22.3 Å². The molecule has 6 rings (SSSR count). The van der Waals surface area contributed by atoms with Crippen LogP contribution in [0.25, 0.3) is 0 Å². The molecular weight excluding hydrogens is 488 g/mol. The van der Waals surface area contributed by atoms with Gasteiger partial charge in [-0.15, -0.1) is 0 Å². The highest BCUT2D eigenvalue weighted by Crippen LogP contribution is 2.36. The number of likely N-dealkylation sites (tertiary alicyclic amines) is 2. The van der Waals surface area contributed by atoms with Gasteiger partial charge in [-0.2, -0.15) is 5.26 Å². The lowest BCUT2D eigenvalue weighted by atomic mass is 9.89. The summed E-state index contributed by atoms with van der Waals surface area (Å²) in [5.41, 5.74) is 11.1. The molecule has 204 valence electrons. The van der Waals surface area contributed by atoms with Crippen molar-refractivity contribution in [3.8, 4) is 6.07 Å². The van der Waals surface area contributed by atoms with Crippen molar-refractivity contribution < 1.29 is 0 Å². The summed E-state index contributed by atoms with van der Waals surface area (Å²) in [6, 6.07) is 45.8. The fourth-order valence-corrected chi connectivity index (χ4v) is 6.09. The lowest BCUT2D eigenvalue weighted by Crippen LogP contribution is -2.49. The van der Waals surface area contributed by atoms with E-state index in [9.17, 15) is 0 Å². The van der Waals surface area contributed by atoms with Crippen LogP contribution in [0.5, 0.6) is 0 Å². The fourth-order valence-electron chi connectivity index (χ4n) is 6.09. The molecule has 2 aliphatic rings. The minimum Gasteiger partial charge on any atom is -0.330 e. The molecule has 0 aliphatic carbocycles. The molecule has 0 bridgehead atoms. The third-order valence-corrected chi connectivity index (χ3v) is 8.12. The summed E-state index contributed by atoms with van der Waals surface area (Å²) in [5, 5.41) is 8.79. The van der Waals surface area contributed by atoms with E-state index in [1.54, 1.807) is 0 Å². The topological polar surface area (TPSA) is 56.3 Å². The molecule has 2 heterocycles. The van der Waals surface area contributed by atoms with Crippen LogP contribution in [-0.4, -0.2) is 42.5 Å². The number of rotatable bonds is 9. The Bertz CT molecular complexity index is 1230. The van der Waals surface area contributed by atoms with Crippen LogP contribution in [-0.2, 0) is 0 Å². The highest BCUT2D eigenvalue weighted by Gasteiger charge is 2.34. The van der Waals surface area contributed by atoms with Crippen molar-refractivity contribution in [2.45, 2.75) is 24.9 Å². The predicted molar refractivity (Wildman–Crippen MR) is 163 cm³/mol. The van der Waals surface area contributed by atoms with Crippen LogP contribution in [0.1, 0.15) is 47.2 Å². The number of hydrogen-bond acceptors (Lipinski definition) is 4. The summed E-state index contributed by atoms with van der Waals surface area (Å²) >= 11 is 0. The Morgan fingerprint density at radius 3 is 1.20 bits per heavy atom. The summed E-state index contributed by atoms with van der Waals surface area (Å²) < 4.78 is 0. The zero-order valence-corrected chi connectivity index (χ0v) is 23.2. The first-order valence-electron chi connectivity index (χ1n) is 14.5. The zero-order valence-electron chi connectivity index (χ0n) is 23.2. The van der Waals surface area contributed by atoms with Gasteiger partial charge < -0.3 is 5.73 Å². The Kier molecular flexibility index (Phi) is 9.77. The maximum Gasteiger partial charge on any atom is 0.0625 e. The number of hydrogen-bond donors (Lipinski definition) is 1. The molecule has 0 amide bonds. The van der Waals surface area contributed by atoms with E-state index in [0.717, 1.165) is 45.1 Å². The van der Waals surface area contributed by atoms with Crippen LogP contribution in [0.3, 0.4) is 0 Å². The zero-order chi connectivity index (χ0) is 27.6. The number of nitrogens with two attached hydrogens (primary N) is 1. The maximum atomic E-state index is 8.79. The standard InChI is InChI=1S/C18H22N2.C18H18N2/c2*19-12-11-15-13-20(14-15)18(16-7-3-1-4-8-16)17-9-5-2-6-10-17/h1-10,15,18H,11-14,19H2;1-10,15,18H,11,13-14H2. The first-order chi connectivity index (χ1) is 19.8. The lowest BCUT2D eigenvalue weighted by Gasteiger charge is -2.45. The van der Waals surface area contributed by atoms with E-state index in [-0.39, 0.29) is 0 Å². The molecule has 2 fully saturated rings. The molecule has 2 aliphatic heterocycles. The van der Waals surface area contributed by atoms with E-state index in [1.807, 2.05) is 0 Å². The van der Waals surface area contributed by atoms with Gasteiger partial charge >= 0.3 is 0 Å². The number of nitrogens with zero attached hydrogens (tertiary/aromatic N) is 3. The van der Waals surface area contributed by atoms with Gasteiger partial charge in [0.25, 0.3) is 0 Å².